The standard InChI is InChI=1S/C10H11N3O/c1-10(14)6-13(7-10)9-3-2-8(4-11)12-5-9/h2-3,5,14H,6-7H2,1H3. The summed E-state index contributed by atoms with van der Waals surface area (Å²) in [5, 5.41) is 18.1. The molecule has 1 saturated heterocycles. The first-order chi connectivity index (χ1) is 6.61. The minimum Gasteiger partial charge on any atom is -0.386 e. The van der Waals surface area contributed by atoms with E-state index in [-0.39, 0.29) is 0 Å². The number of pyridine rings is 1. The van der Waals surface area contributed by atoms with Crippen molar-refractivity contribution in [1.29, 1.82) is 5.26 Å². The Balaban J connectivity index is 2.09. The molecular formula is C10H11N3O. The summed E-state index contributed by atoms with van der Waals surface area (Å²) >= 11 is 0. The summed E-state index contributed by atoms with van der Waals surface area (Å²) < 4.78 is 0. The van der Waals surface area contributed by atoms with Crippen molar-refractivity contribution in [2.24, 2.45) is 0 Å². The van der Waals surface area contributed by atoms with Gasteiger partial charge in [0.05, 0.1) is 17.5 Å². The molecule has 14 heavy (non-hydrogen) atoms. The molecule has 0 spiro atoms. The average Bonchev–Trinajstić information content (AvgIpc) is 2.14. The fraction of sp³-hybridized carbons (Fsp3) is 0.400. The van der Waals surface area contributed by atoms with E-state index in [0.717, 1.165) is 5.69 Å². The van der Waals surface area contributed by atoms with Crippen LogP contribution in [0.5, 0.6) is 0 Å². The molecule has 4 nitrogen and oxygen atoms in total. The smallest absolute Gasteiger partial charge is 0.140 e. The van der Waals surface area contributed by atoms with Crippen LogP contribution in [0.25, 0.3) is 0 Å². The number of hydrogen-bond donors (Lipinski definition) is 1. The maximum Gasteiger partial charge on any atom is 0.140 e. The summed E-state index contributed by atoms with van der Waals surface area (Å²) in [5.41, 5.74) is 0.796. The lowest BCUT2D eigenvalue weighted by Gasteiger charge is -2.45. The van der Waals surface area contributed by atoms with Crippen molar-refractivity contribution in [3.05, 3.63) is 24.0 Å². The van der Waals surface area contributed by atoms with Gasteiger partial charge in [0, 0.05) is 13.1 Å². The average molecular weight is 189 g/mol. The molecule has 1 fully saturated rings. The van der Waals surface area contributed by atoms with Crippen LogP contribution in [0.3, 0.4) is 0 Å². The quantitative estimate of drug-likeness (QED) is 0.699. The van der Waals surface area contributed by atoms with Gasteiger partial charge in [-0.2, -0.15) is 5.26 Å². The Hall–Kier alpha value is -1.60. The Labute approximate surface area is 82.4 Å². The second kappa shape index (κ2) is 2.96. The van der Waals surface area contributed by atoms with Gasteiger partial charge in [-0.25, -0.2) is 4.98 Å². The number of aliphatic hydroxyl groups is 1. The molecular weight excluding hydrogens is 178 g/mol. The summed E-state index contributed by atoms with van der Waals surface area (Å²) in [6.07, 6.45) is 1.66. The number of anilines is 1. The summed E-state index contributed by atoms with van der Waals surface area (Å²) in [6.45, 7) is 3.06. The molecule has 4 heteroatoms. The number of rotatable bonds is 1. The van der Waals surface area contributed by atoms with Gasteiger partial charge in [0.1, 0.15) is 11.8 Å². The van der Waals surface area contributed by atoms with E-state index >= 15 is 0 Å². The largest absolute Gasteiger partial charge is 0.386 e. The van der Waals surface area contributed by atoms with Crippen molar-refractivity contribution in [2.45, 2.75) is 12.5 Å². The van der Waals surface area contributed by atoms with E-state index in [1.54, 1.807) is 19.2 Å². The normalized spacial score (nSPS) is 18.5. The first kappa shape index (κ1) is 8.97. The zero-order valence-corrected chi connectivity index (χ0v) is 7.94. The van der Waals surface area contributed by atoms with Crippen molar-refractivity contribution in [2.75, 3.05) is 18.0 Å². The van der Waals surface area contributed by atoms with Gasteiger partial charge in [0.25, 0.3) is 0 Å². The molecule has 1 aliphatic rings. The second-order valence-corrected chi connectivity index (χ2v) is 3.87. The maximum absolute atomic E-state index is 9.53. The summed E-state index contributed by atoms with van der Waals surface area (Å²) in [4.78, 5) is 5.99. The van der Waals surface area contributed by atoms with Crippen LogP contribution < -0.4 is 4.90 Å². The zero-order valence-electron chi connectivity index (χ0n) is 7.94. The highest BCUT2D eigenvalue weighted by Crippen LogP contribution is 2.26. The van der Waals surface area contributed by atoms with E-state index in [1.807, 2.05) is 17.0 Å². The molecule has 0 amide bonds. The first-order valence-electron chi connectivity index (χ1n) is 4.44. The number of hydrogen-bond acceptors (Lipinski definition) is 4. The monoisotopic (exact) mass is 189 g/mol. The van der Waals surface area contributed by atoms with Gasteiger partial charge >= 0.3 is 0 Å². The molecule has 1 aromatic heterocycles. The Morgan fingerprint density at radius 2 is 2.29 bits per heavy atom. The van der Waals surface area contributed by atoms with Gasteiger partial charge in [-0.1, -0.05) is 0 Å². The van der Waals surface area contributed by atoms with Crippen LogP contribution in [-0.2, 0) is 0 Å². The highest BCUT2D eigenvalue weighted by atomic mass is 16.3. The fourth-order valence-electron chi connectivity index (χ4n) is 1.60. The molecule has 0 aliphatic carbocycles. The van der Waals surface area contributed by atoms with Crippen molar-refractivity contribution >= 4 is 5.69 Å². The SMILES string of the molecule is CC1(O)CN(c2ccc(C#N)nc2)C1. The van der Waals surface area contributed by atoms with E-state index in [4.69, 9.17) is 5.26 Å². The topological polar surface area (TPSA) is 60.1 Å². The molecule has 0 aromatic carbocycles. The molecule has 2 heterocycles. The van der Waals surface area contributed by atoms with E-state index in [0.29, 0.717) is 18.8 Å². The number of nitriles is 1. The molecule has 0 radical (unpaired) electrons. The molecule has 1 N–H and O–H groups in total. The lowest BCUT2D eigenvalue weighted by Crippen LogP contribution is -2.60. The van der Waals surface area contributed by atoms with Crippen LogP contribution in [0.1, 0.15) is 12.6 Å². The number of nitrogens with zero attached hydrogens (tertiary/aromatic N) is 3. The van der Waals surface area contributed by atoms with E-state index in [2.05, 4.69) is 4.98 Å². The molecule has 0 unspecified atom stereocenters. The molecule has 0 saturated carbocycles. The van der Waals surface area contributed by atoms with Gasteiger partial charge in [0.15, 0.2) is 0 Å². The minimum atomic E-state index is -0.575. The van der Waals surface area contributed by atoms with Crippen molar-refractivity contribution in [3.63, 3.8) is 0 Å². The Kier molecular flexibility index (Phi) is 1.90. The van der Waals surface area contributed by atoms with Crippen LogP contribution in [0.4, 0.5) is 5.69 Å². The minimum absolute atomic E-state index is 0.418. The van der Waals surface area contributed by atoms with Crippen LogP contribution in [-0.4, -0.2) is 28.8 Å². The highest BCUT2D eigenvalue weighted by molar-refractivity contribution is 5.49. The fourth-order valence-corrected chi connectivity index (χ4v) is 1.60. The second-order valence-electron chi connectivity index (χ2n) is 3.87. The predicted molar refractivity (Wildman–Crippen MR) is 51.8 cm³/mol. The molecule has 0 bridgehead atoms. The number of β-amino-alcohol motifs (C(OH)–C–C–N with tert-alkyl or cyclic N) is 1. The van der Waals surface area contributed by atoms with Crippen LogP contribution in [0, 0.1) is 11.3 Å². The molecule has 2 rings (SSSR count). The molecule has 1 aliphatic heterocycles. The zero-order chi connectivity index (χ0) is 10.2. The molecule has 72 valence electrons. The third-order valence-corrected chi connectivity index (χ3v) is 2.29. The van der Waals surface area contributed by atoms with Crippen molar-refractivity contribution in [1.82, 2.24) is 4.98 Å². The van der Waals surface area contributed by atoms with Gasteiger partial charge in [0.2, 0.25) is 0 Å². The maximum atomic E-state index is 9.53. The Bertz CT molecular complexity index is 369. The van der Waals surface area contributed by atoms with Gasteiger partial charge < -0.3 is 10.0 Å². The summed E-state index contributed by atoms with van der Waals surface area (Å²) in [6, 6.07) is 5.50. The van der Waals surface area contributed by atoms with Crippen LogP contribution in [0.15, 0.2) is 18.3 Å². The van der Waals surface area contributed by atoms with E-state index in [9.17, 15) is 5.11 Å². The van der Waals surface area contributed by atoms with Crippen LogP contribution in [0.2, 0.25) is 0 Å². The highest BCUT2D eigenvalue weighted by Gasteiger charge is 2.36. The van der Waals surface area contributed by atoms with Gasteiger partial charge in [-0.05, 0) is 19.1 Å². The third kappa shape index (κ3) is 1.54. The lowest BCUT2D eigenvalue weighted by atomic mass is 9.96. The van der Waals surface area contributed by atoms with Gasteiger partial charge in [-0.3, -0.25) is 0 Å². The van der Waals surface area contributed by atoms with Crippen LogP contribution >= 0.6 is 0 Å². The van der Waals surface area contributed by atoms with Crippen molar-refractivity contribution < 1.29 is 5.11 Å². The predicted octanol–water partition coefficient (Wildman–Crippen LogP) is 0.524. The van der Waals surface area contributed by atoms with E-state index < -0.39 is 5.60 Å². The Morgan fingerprint density at radius 1 is 1.57 bits per heavy atom. The van der Waals surface area contributed by atoms with E-state index in [1.165, 1.54) is 0 Å². The molecule has 1 aromatic rings. The number of aromatic nitrogens is 1. The lowest BCUT2D eigenvalue weighted by molar-refractivity contribution is 0.0310. The third-order valence-electron chi connectivity index (χ3n) is 2.29. The summed E-state index contributed by atoms with van der Waals surface area (Å²) in [5.74, 6) is 0. The Morgan fingerprint density at radius 3 is 2.71 bits per heavy atom. The molecule has 0 atom stereocenters. The summed E-state index contributed by atoms with van der Waals surface area (Å²) in [7, 11) is 0. The van der Waals surface area contributed by atoms with Crippen molar-refractivity contribution in [3.8, 4) is 6.07 Å². The van der Waals surface area contributed by atoms with Gasteiger partial charge in [-0.15, -0.1) is 0 Å². The first-order valence-corrected chi connectivity index (χ1v) is 4.44.